The first-order chi connectivity index (χ1) is 12.3. The van der Waals surface area contributed by atoms with Gasteiger partial charge in [-0.25, -0.2) is 4.79 Å². The molecule has 0 radical (unpaired) electrons. The van der Waals surface area contributed by atoms with E-state index in [0.717, 1.165) is 5.56 Å². The number of esters is 1. The molecule has 1 atom stereocenters. The standard InChI is InChI=1S/C20H25ClN2O3/c1-6-26-20(25)17-12(2)18(22-13(17)3)19(24)14(4)23(5)11-15-9-7-8-10-16(15)21/h7-10,14,22H,6,11H2,1-5H3. The lowest BCUT2D eigenvalue weighted by molar-refractivity contribution is 0.0525. The Morgan fingerprint density at radius 1 is 1.27 bits per heavy atom. The fourth-order valence-electron chi connectivity index (χ4n) is 2.95. The number of benzene rings is 1. The lowest BCUT2D eigenvalue weighted by Gasteiger charge is -2.24. The molecular weight excluding hydrogens is 352 g/mol. The van der Waals surface area contributed by atoms with Crippen molar-refractivity contribution in [2.75, 3.05) is 13.7 Å². The summed E-state index contributed by atoms with van der Waals surface area (Å²) in [6.07, 6.45) is 0. The van der Waals surface area contributed by atoms with Crippen LogP contribution in [-0.4, -0.2) is 41.3 Å². The van der Waals surface area contributed by atoms with Gasteiger partial charge in [-0.15, -0.1) is 0 Å². The first-order valence-corrected chi connectivity index (χ1v) is 8.99. The van der Waals surface area contributed by atoms with Crippen molar-refractivity contribution in [1.29, 1.82) is 0 Å². The number of nitrogens with zero attached hydrogens (tertiary/aromatic N) is 1. The summed E-state index contributed by atoms with van der Waals surface area (Å²) < 4.78 is 5.09. The first-order valence-electron chi connectivity index (χ1n) is 8.62. The van der Waals surface area contributed by atoms with Gasteiger partial charge in [0, 0.05) is 17.3 Å². The van der Waals surface area contributed by atoms with Crippen LogP contribution < -0.4 is 0 Å². The molecule has 0 saturated carbocycles. The fourth-order valence-corrected chi connectivity index (χ4v) is 3.14. The Bertz CT molecular complexity index is 813. The normalized spacial score (nSPS) is 12.3. The van der Waals surface area contributed by atoms with E-state index in [2.05, 4.69) is 4.98 Å². The molecule has 1 aromatic carbocycles. The van der Waals surface area contributed by atoms with E-state index in [-0.39, 0.29) is 11.8 Å². The second-order valence-electron chi connectivity index (χ2n) is 6.39. The van der Waals surface area contributed by atoms with Crippen LogP contribution in [0.4, 0.5) is 0 Å². The van der Waals surface area contributed by atoms with Gasteiger partial charge in [-0.1, -0.05) is 29.8 Å². The molecule has 0 saturated heterocycles. The summed E-state index contributed by atoms with van der Waals surface area (Å²) in [4.78, 5) is 30.1. The number of hydrogen-bond acceptors (Lipinski definition) is 4. The van der Waals surface area contributed by atoms with Gasteiger partial charge < -0.3 is 9.72 Å². The van der Waals surface area contributed by atoms with E-state index in [1.165, 1.54) is 0 Å². The molecule has 1 heterocycles. The van der Waals surface area contributed by atoms with E-state index < -0.39 is 5.97 Å². The predicted octanol–water partition coefficient (Wildman–Crippen LogP) is 4.16. The van der Waals surface area contributed by atoms with Crippen molar-refractivity contribution in [3.05, 3.63) is 57.4 Å². The number of rotatable bonds is 7. The van der Waals surface area contributed by atoms with Gasteiger partial charge in [-0.3, -0.25) is 9.69 Å². The van der Waals surface area contributed by atoms with Crippen LogP contribution in [0.2, 0.25) is 5.02 Å². The van der Waals surface area contributed by atoms with Gasteiger partial charge in [0.2, 0.25) is 0 Å². The number of ether oxygens (including phenoxy) is 1. The molecule has 6 heteroatoms. The molecule has 1 unspecified atom stereocenters. The molecule has 2 aromatic rings. The van der Waals surface area contributed by atoms with Gasteiger partial charge in [-0.2, -0.15) is 0 Å². The molecule has 140 valence electrons. The maximum atomic E-state index is 13.0. The minimum Gasteiger partial charge on any atom is -0.462 e. The largest absolute Gasteiger partial charge is 0.462 e. The summed E-state index contributed by atoms with van der Waals surface area (Å²) in [5.41, 5.74) is 3.12. The van der Waals surface area contributed by atoms with Crippen molar-refractivity contribution in [1.82, 2.24) is 9.88 Å². The summed E-state index contributed by atoms with van der Waals surface area (Å²) in [7, 11) is 1.88. The van der Waals surface area contributed by atoms with Crippen LogP contribution in [0.25, 0.3) is 0 Å². The van der Waals surface area contributed by atoms with E-state index in [4.69, 9.17) is 16.3 Å². The lowest BCUT2D eigenvalue weighted by atomic mass is 10.0. The van der Waals surface area contributed by atoms with E-state index in [1.54, 1.807) is 20.8 Å². The van der Waals surface area contributed by atoms with Gasteiger partial charge in [0.05, 0.1) is 23.9 Å². The van der Waals surface area contributed by atoms with Gasteiger partial charge in [-0.05, 0) is 51.9 Å². The highest BCUT2D eigenvalue weighted by atomic mass is 35.5. The number of H-pyrrole nitrogens is 1. The van der Waals surface area contributed by atoms with Gasteiger partial charge in [0.1, 0.15) is 0 Å². The summed E-state index contributed by atoms with van der Waals surface area (Å²) in [6.45, 7) is 7.99. The lowest BCUT2D eigenvalue weighted by Crippen LogP contribution is -2.36. The number of hydrogen-bond donors (Lipinski definition) is 1. The number of aryl methyl sites for hydroxylation is 1. The molecule has 0 aliphatic rings. The molecule has 5 nitrogen and oxygen atoms in total. The average Bonchev–Trinajstić information content (AvgIpc) is 2.90. The van der Waals surface area contributed by atoms with Crippen LogP contribution in [0.15, 0.2) is 24.3 Å². The van der Waals surface area contributed by atoms with Gasteiger partial charge in [0.25, 0.3) is 0 Å². The summed E-state index contributed by atoms with van der Waals surface area (Å²) in [5.74, 6) is -0.481. The number of carbonyl (C=O) groups is 2. The molecule has 0 amide bonds. The summed E-state index contributed by atoms with van der Waals surface area (Å²) in [5, 5.41) is 0.676. The molecule has 1 aromatic heterocycles. The zero-order valence-electron chi connectivity index (χ0n) is 15.9. The van der Waals surface area contributed by atoms with Crippen LogP contribution in [0, 0.1) is 13.8 Å². The highest BCUT2D eigenvalue weighted by molar-refractivity contribution is 6.31. The highest BCUT2D eigenvalue weighted by Gasteiger charge is 2.27. The molecule has 0 aliphatic carbocycles. The molecular formula is C20H25ClN2O3. The Morgan fingerprint density at radius 3 is 2.54 bits per heavy atom. The molecule has 1 N–H and O–H groups in total. The van der Waals surface area contributed by atoms with Crippen LogP contribution >= 0.6 is 11.6 Å². The second-order valence-corrected chi connectivity index (χ2v) is 6.80. The molecule has 2 rings (SSSR count). The third-order valence-corrected chi connectivity index (χ3v) is 4.95. The first kappa shape index (κ1) is 20.2. The van der Waals surface area contributed by atoms with E-state index in [1.807, 2.05) is 43.1 Å². The van der Waals surface area contributed by atoms with Crippen LogP contribution in [0.3, 0.4) is 0 Å². The van der Waals surface area contributed by atoms with Gasteiger partial charge in [0.15, 0.2) is 5.78 Å². The molecule has 0 bridgehead atoms. The SMILES string of the molecule is CCOC(=O)c1c(C)[nH]c(C(=O)C(C)N(C)Cc2ccccc2Cl)c1C. The van der Waals surface area contributed by atoms with Crippen LogP contribution in [0.1, 0.15) is 51.5 Å². The van der Waals surface area contributed by atoms with E-state index in [0.29, 0.717) is 40.7 Å². The van der Waals surface area contributed by atoms with Gasteiger partial charge >= 0.3 is 5.97 Å². The van der Waals surface area contributed by atoms with E-state index in [9.17, 15) is 9.59 Å². The summed E-state index contributed by atoms with van der Waals surface area (Å²) in [6, 6.07) is 7.20. The number of carbonyl (C=O) groups excluding carboxylic acids is 2. The van der Waals surface area contributed by atoms with Crippen LogP contribution in [-0.2, 0) is 11.3 Å². The third kappa shape index (κ3) is 4.17. The smallest absolute Gasteiger partial charge is 0.340 e. The molecule has 26 heavy (non-hydrogen) atoms. The maximum absolute atomic E-state index is 13.0. The van der Waals surface area contributed by atoms with Crippen molar-refractivity contribution in [3.8, 4) is 0 Å². The second kappa shape index (κ2) is 8.52. The Labute approximate surface area is 159 Å². The minimum absolute atomic E-state index is 0.0734. The molecule has 0 fully saturated rings. The Kier molecular flexibility index (Phi) is 6.62. The Morgan fingerprint density at radius 2 is 1.92 bits per heavy atom. The monoisotopic (exact) mass is 376 g/mol. The molecule has 0 aliphatic heterocycles. The fraction of sp³-hybridized carbons (Fsp3) is 0.400. The number of aromatic nitrogens is 1. The topological polar surface area (TPSA) is 62.4 Å². The number of ketones is 1. The predicted molar refractivity (Wildman–Crippen MR) is 103 cm³/mol. The highest BCUT2D eigenvalue weighted by Crippen LogP contribution is 2.23. The zero-order chi connectivity index (χ0) is 19.4. The minimum atomic E-state index is -0.408. The maximum Gasteiger partial charge on any atom is 0.340 e. The zero-order valence-corrected chi connectivity index (χ0v) is 16.6. The quantitative estimate of drug-likeness (QED) is 0.582. The van der Waals surface area contributed by atoms with Crippen molar-refractivity contribution < 1.29 is 14.3 Å². The Balaban J connectivity index is 2.21. The number of halogens is 1. The van der Waals surface area contributed by atoms with Crippen molar-refractivity contribution in [2.45, 2.75) is 40.3 Å². The molecule has 0 spiro atoms. The van der Waals surface area contributed by atoms with E-state index >= 15 is 0 Å². The van der Waals surface area contributed by atoms with Crippen molar-refractivity contribution in [2.24, 2.45) is 0 Å². The van der Waals surface area contributed by atoms with Crippen LogP contribution in [0.5, 0.6) is 0 Å². The summed E-state index contributed by atoms with van der Waals surface area (Å²) >= 11 is 6.21. The number of Topliss-reactive ketones (excluding diaryl/α,β-unsaturated/α-hetero) is 1. The number of nitrogens with one attached hydrogen (secondary N) is 1. The number of aromatic amines is 1. The van der Waals surface area contributed by atoms with Crippen molar-refractivity contribution >= 4 is 23.4 Å². The van der Waals surface area contributed by atoms with Crippen molar-refractivity contribution in [3.63, 3.8) is 0 Å². The number of likely N-dealkylation sites (N-methyl/N-ethyl adjacent to an activating group) is 1. The average molecular weight is 377 g/mol. The third-order valence-electron chi connectivity index (χ3n) is 4.58. The Hall–Kier alpha value is -2.11.